The quantitative estimate of drug-likeness (QED) is 0.454. The van der Waals surface area contributed by atoms with Crippen molar-refractivity contribution < 1.29 is 14.0 Å². The maximum Gasteiger partial charge on any atom is 0.247 e. The first-order chi connectivity index (χ1) is 5.67. The summed E-state index contributed by atoms with van der Waals surface area (Å²) in [6, 6.07) is 0. The normalized spacial score (nSPS) is 12.6. The van der Waals surface area contributed by atoms with Crippen LogP contribution in [0.5, 0.6) is 0 Å². The topological polar surface area (TPSA) is 43.4 Å². The highest BCUT2D eigenvalue weighted by Gasteiger charge is 2.21. The van der Waals surface area contributed by atoms with Gasteiger partial charge in [0.15, 0.2) is 0 Å². The smallest absolute Gasteiger partial charge is 0.247 e. The predicted molar refractivity (Wildman–Crippen MR) is 45.8 cm³/mol. The molecule has 0 aliphatic carbocycles. The molecule has 0 aromatic rings. The number of hydrogen-bond donors (Lipinski definition) is 0. The van der Waals surface area contributed by atoms with Gasteiger partial charge in [0, 0.05) is 6.42 Å². The standard InChI is InChI=1S/C8H13O3Si/c1-3-5-6(9)8(10)7(4-2)11-12/h7H,3-5H2,1-2H3. The highest BCUT2D eigenvalue weighted by molar-refractivity contribution is 6.39. The highest BCUT2D eigenvalue weighted by atomic mass is 28.2. The van der Waals surface area contributed by atoms with Crippen molar-refractivity contribution in [2.75, 3.05) is 0 Å². The first-order valence-corrected chi connectivity index (χ1v) is 4.47. The lowest BCUT2D eigenvalue weighted by Crippen LogP contribution is -2.29. The second kappa shape index (κ2) is 6.08. The van der Waals surface area contributed by atoms with Crippen LogP contribution < -0.4 is 0 Å². The SMILES string of the molecule is CCCC(=O)C(=O)C(CC)O[Si]. The molecule has 0 fully saturated rings. The van der Waals surface area contributed by atoms with Crippen LogP contribution in [-0.2, 0) is 14.0 Å². The van der Waals surface area contributed by atoms with Gasteiger partial charge in [-0.15, -0.1) is 0 Å². The van der Waals surface area contributed by atoms with Crippen molar-refractivity contribution in [3.8, 4) is 0 Å². The third-order valence-electron chi connectivity index (χ3n) is 1.56. The molecule has 67 valence electrons. The van der Waals surface area contributed by atoms with Gasteiger partial charge in [-0.25, -0.2) is 0 Å². The Hall–Kier alpha value is -0.483. The zero-order valence-corrected chi connectivity index (χ0v) is 8.42. The van der Waals surface area contributed by atoms with Gasteiger partial charge < -0.3 is 4.43 Å². The van der Waals surface area contributed by atoms with E-state index in [2.05, 4.69) is 14.9 Å². The fourth-order valence-electron chi connectivity index (χ4n) is 0.852. The molecule has 0 aliphatic rings. The van der Waals surface area contributed by atoms with E-state index >= 15 is 0 Å². The van der Waals surface area contributed by atoms with Crippen molar-refractivity contribution in [1.29, 1.82) is 0 Å². The Morgan fingerprint density at radius 3 is 2.33 bits per heavy atom. The van der Waals surface area contributed by atoms with E-state index in [1.54, 1.807) is 6.92 Å². The van der Waals surface area contributed by atoms with E-state index in [1.807, 2.05) is 6.92 Å². The number of Topliss-reactive ketones (excluding diaryl/α,β-unsaturated/α-hetero) is 2. The number of ketones is 2. The molecule has 1 atom stereocenters. The maximum absolute atomic E-state index is 11.2. The Kier molecular flexibility index (Phi) is 5.83. The van der Waals surface area contributed by atoms with Crippen LogP contribution in [0.1, 0.15) is 33.1 Å². The average molecular weight is 185 g/mol. The Morgan fingerprint density at radius 2 is 2.00 bits per heavy atom. The van der Waals surface area contributed by atoms with Crippen LogP contribution in [0.15, 0.2) is 0 Å². The molecule has 0 aromatic carbocycles. The second-order valence-electron chi connectivity index (χ2n) is 2.55. The minimum absolute atomic E-state index is 0.310. The van der Waals surface area contributed by atoms with E-state index in [1.165, 1.54) is 0 Å². The fourth-order valence-corrected chi connectivity index (χ4v) is 1.13. The number of rotatable bonds is 6. The molecule has 0 aliphatic heterocycles. The van der Waals surface area contributed by atoms with Crippen molar-refractivity contribution in [2.45, 2.75) is 39.2 Å². The largest absolute Gasteiger partial charge is 0.408 e. The van der Waals surface area contributed by atoms with E-state index in [0.29, 0.717) is 19.3 Å². The van der Waals surface area contributed by atoms with Crippen molar-refractivity contribution in [2.24, 2.45) is 0 Å². The summed E-state index contributed by atoms with van der Waals surface area (Å²) in [6.45, 7) is 3.66. The molecule has 3 radical (unpaired) electrons. The minimum Gasteiger partial charge on any atom is -0.408 e. The summed E-state index contributed by atoms with van der Waals surface area (Å²) in [7, 11) is 2.77. The summed E-state index contributed by atoms with van der Waals surface area (Å²) in [5.41, 5.74) is 0. The lowest BCUT2D eigenvalue weighted by Gasteiger charge is -2.09. The molecule has 3 nitrogen and oxygen atoms in total. The molecule has 0 spiro atoms. The van der Waals surface area contributed by atoms with E-state index in [-0.39, 0.29) is 5.78 Å². The molecule has 1 unspecified atom stereocenters. The Morgan fingerprint density at radius 1 is 1.42 bits per heavy atom. The van der Waals surface area contributed by atoms with Crippen LogP contribution in [-0.4, -0.2) is 28.2 Å². The van der Waals surface area contributed by atoms with Gasteiger partial charge in [-0.05, 0) is 12.8 Å². The summed E-state index contributed by atoms with van der Waals surface area (Å²) < 4.78 is 4.66. The fraction of sp³-hybridized carbons (Fsp3) is 0.750. The molecule has 0 N–H and O–H groups in total. The zero-order chi connectivity index (χ0) is 9.56. The molecule has 4 heteroatoms. The molecule has 0 saturated heterocycles. The predicted octanol–water partition coefficient (Wildman–Crippen LogP) is 0.803. The van der Waals surface area contributed by atoms with Crippen LogP contribution in [0.2, 0.25) is 0 Å². The number of carbonyl (C=O) groups excluding carboxylic acids is 2. The first-order valence-electron chi connectivity index (χ1n) is 4.06. The van der Waals surface area contributed by atoms with Crippen molar-refractivity contribution in [3.63, 3.8) is 0 Å². The zero-order valence-electron chi connectivity index (χ0n) is 7.42. The third-order valence-corrected chi connectivity index (χ3v) is 1.84. The minimum atomic E-state index is -0.624. The van der Waals surface area contributed by atoms with Gasteiger partial charge in [-0.1, -0.05) is 13.8 Å². The summed E-state index contributed by atoms with van der Waals surface area (Å²) in [5, 5.41) is 0. The lowest BCUT2D eigenvalue weighted by molar-refractivity contribution is -0.140. The molecule has 0 amide bonds. The van der Waals surface area contributed by atoms with Crippen LogP contribution in [0, 0.1) is 0 Å². The molecular weight excluding hydrogens is 172 g/mol. The molecule has 0 saturated carbocycles. The van der Waals surface area contributed by atoms with Crippen LogP contribution in [0.25, 0.3) is 0 Å². The Bertz CT molecular complexity index is 164. The summed E-state index contributed by atoms with van der Waals surface area (Å²) in [6.07, 6.45) is 0.895. The van der Waals surface area contributed by atoms with Gasteiger partial charge in [0.2, 0.25) is 22.1 Å². The molecule has 0 bridgehead atoms. The lowest BCUT2D eigenvalue weighted by atomic mass is 10.1. The van der Waals surface area contributed by atoms with Gasteiger partial charge in [-0.3, -0.25) is 9.59 Å². The molecule has 0 rings (SSSR count). The van der Waals surface area contributed by atoms with Gasteiger partial charge in [0.25, 0.3) is 0 Å². The van der Waals surface area contributed by atoms with E-state index in [9.17, 15) is 9.59 Å². The van der Waals surface area contributed by atoms with Crippen LogP contribution >= 0.6 is 0 Å². The summed E-state index contributed by atoms with van der Waals surface area (Å²) in [5.74, 6) is -0.781. The van der Waals surface area contributed by atoms with Gasteiger partial charge in [0.1, 0.15) is 6.10 Å². The van der Waals surface area contributed by atoms with Crippen LogP contribution in [0.3, 0.4) is 0 Å². The van der Waals surface area contributed by atoms with Gasteiger partial charge in [-0.2, -0.15) is 0 Å². The third kappa shape index (κ3) is 3.28. The Balaban J connectivity index is 4.07. The molecule has 12 heavy (non-hydrogen) atoms. The average Bonchev–Trinajstić information content (AvgIpc) is 2.07. The van der Waals surface area contributed by atoms with Gasteiger partial charge >= 0.3 is 0 Å². The number of hydrogen-bond acceptors (Lipinski definition) is 3. The van der Waals surface area contributed by atoms with Gasteiger partial charge in [0.05, 0.1) is 0 Å². The first kappa shape index (κ1) is 11.5. The van der Waals surface area contributed by atoms with Crippen molar-refractivity contribution in [3.05, 3.63) is 0 Å². The van der Waals surface area contributed by atoms with Crippen LogP contribution in [0.4, 0.5) is 0 Å². The molecule has 0 aromatic heterocycles. The molecule has 0 heterocycles. The maximum atomic E-state index is 11.2. The monoisotopic (exact) mass is 185 g/mol. The van der Waals surface area contributed by atoms with E-state index in [0.717, 1.165) is 0 Å². The van der Waals surface area contributed by atoms with Crippen molar-refractivity contribution in [1.82, 2.24) is 0 Å². The summed E-state index contributed by atoms with van der Waals surface area (Å²) in [4.78, 5) is 22.2. The molecular formula is C8H13O3Si. The summed E-state index contributed by atoms with van der Waals surface area (Å²) >= 11 is 0. The Labute approximate surface area is 76.0 Å². The van der Waals surface area contributed by atoms with Crippen molar-refractivity contribution >= 4 is 22.1 Å². The number of carbonyl (C=O) groups is 2. The van der Waals surface area contributed by atoms with E-state index in [4.69, 9.17) is 0 Å². The van der Waals surface area contributed by atoms with E-state index < -0.39 is 11.9 Å². The second-order valence-corrected chi connectivity index (χ2v) is 2.79. The highest BCUT2D eigenvalue weighted by Crippen LogP contribution is 2.01.